The quantitative estimate of drug-likeness (QED) is 0.619. The van der Waals surface area contributed by atoms with Gasteiger partial charge in [0.15, 0.2) is 0 Å². The molecular weight excluding hydrogens is 208 g/mol. The molecule has 0 aromatic heterocycles. The molecule has 0 atom stereocenters. The summed E-state index contributed by atoms with van der Waals surface area (Å²) in [6.07, 6.45) is 0.859. The zero-order valence-electron chi connectivity index (χ0n) is 10.4. The minimum atomic E-state index is -0.150. The van der Waals surface area contributed by atoms with Crippen molar-refractivity contribution in [3.8, 4) is 0 Å². The standard InChI is InChI=1S/C11H22N2O3/c1-11(8-12-9-11)16-7-10(14)13(2)5-4-6-15-3/h12H,4-9H2,1-3H3. The first-order valence-electron chi connectivity index (χ1n) is 5.65. The van der Waals surface area contributed by atoms with E-state index in [9.17, 15) is 4.79 Å². The van der Waals surface area contributed by atoms with Gasteiger partial charge in [0, 0.05) is 40.4 Å². The second-order valence-electron chi connectivity index (χ2n) is 4.50. The summed E-state index contributed by atoms with van der Waals surface area (Å²) in [7, 11) is 3.46. The number of methoxy groups -OCH3 is 1. The molecule has 0 aliphatic carbocycles. The smallest absolute Gasteiger partial charge is 0.248 e. The molecule has 1 fully saturated rings. The summed E-state index contributed by atoms with van der Waals surface area (Å²) < 4.78 is 10.5. The maximum Gasteiger partial charge on any atom is 0.248 e. The first kappa shape index (κ1) is 13.4. The Morgan fingerprint density at radius 2 is 2.19 bits per heavy atom. The van der Waals surface area contributed by atoms with Crippen LogP contribution in [-0.4, -0.2) is 63.4 Å². The Bertz CT molecular complexity index is 229. The highest BCUT2D eigenvalue weighted by Crippen LogP contribution is 2.14. The van der Waals surface area contributed by atoms with Crippen molar-refractivity contribution in [3.63, 3.8) is 0 Å². The van der Waals surface area contributed by atoms with Gasteiger partial charge in [-0.25, -0.2) is 0 Å². The molecule has 0 radical (unpaired) electrons. The molecule has 16 heavy (non-hydrogen) atoms. The zero-order valence-corrected chi connectivity index (χ0v) is 10.4. The maximum absolute atomic E-state index is 11.7. The molecule has 1 N–H and O–H groups in total. The van der Waals surface area contributed by atoms with Crippen molar-refractivity contribution in [1.82, 2.24) is 10.2 Å². The first-order valence-corrected chi connectivity index (χ1v) is 5.65. The molecule has 5 nitrogen and oxygen atoms in total. The molecule has 1 aliphatic rings. The van der Waals surface area contributed by atoms with Gasteiger partial charge < -0.3 is 19.7 Å². The number of carbonyl (C=O) groups is 1. The van der Waals surface area contributed by atoms with Gasteiger partial charge in [-0.2, -0.15) is 0 Å². The lowest BCUT2D eigenvalue weighted by Crippen LogP contribution is -2.59. The van der Waals surface area contributed by atoms with Gasteiger partial charge in [0.1, 0.15) is 6.61 Å². The molecule has 0 saturated carbocycles. The zero-order chi connectivity index (χ0) is 12.0. The minimum absolute atomic E-state index is 0.0317. The van der Waals surface area contributed by atoms with Crippen LogP contribution >= 0.6 is 0 Å². The topological polar surface area (TPSA) is 50.8 Å². The number of nitrogens with one attached hydrogen (secondary N) is 1. The molecule has 94 valence electrons. The van der Waals surface area contributed by atoms with Gasteiger partial charge in [0.2, 0.25) is 5.91 Å². The Hall–Kier alpha value is -0.650. The molecule has 0 unspecified atom stereocenters. The number of ether oxygens (including phenoxy) is 2. The number of rotatable bonds is 7. The molecule has 0 spiro atoms. The molecular formula is C11H22N2O3. The third-order valence-corrected chi connectivity index (χ3v) is 2.81. The molecule has 0 aromatic rings. The molecule has 1 amide bonds. The van der Waals surface area contributed by atoms with Gasteiger partial charge >= 0.3 is 0 Å². The lowest BCUT2D eigenvalue weighted by Gasteiger charge is -2.39. The summed E-state index contributed by atoms with van der Waals surface area (Å²) in [5, 5.41) is 3.13. The molecule has 0 bridgehead atoms. The SMILES string of the molecule is COCCCN(C)C(=O)COC1(C)CNC1. The van der Waals surface area contributed by atoms with Crippen LogP contribution in [0.25, 0.3) is 0 Å². The fraction of sp³-hybridized carbons (Fsp3) is 0.909. The lowest BCUT2D eigenvalue weighted by molar-refractivity contribution is -0.144. The van der Waals surface area contributed by atoms with E-state index in [1.807, 2.05) is 6.92 Å². The summed E-state index contributed by atoms with van der Waals surface area (Å²) in [5.74, 6) is 0.0317. The van der Waals surface area contributed by atoms with E-state index in [1.54, 1.807) is 19.1 Å². The molecule has 1 rings (SSSR count). The molecule has 1 aliphatic heterocycles. The van der Waals surface area contributed by atoms with Crippen molar-refractivity contribution >= 4 is 5.91 Å². The van der Waals surface area contributed by atoms with Crippen molar-refractivity contribution in [2.45, 2.75) is 18.9 Å². The number of hydrogen-bond acceptors (Lipinski definition) is 4. The Morgan fingerprint density at radius 1 is 1.50 bits per heavy atom. The Labute approximate surface area is 97.1 Å². The fourth-order valence-electron chi connectivity index (χ4n) is 1.50. The second-order valence-corrected chi connectivity index (χ2v) is 4.50. The van der Waals surface area contributed by atoms with E-state index in [1.165, 1.54) is 0 Å². The molecule has 1 heterocycles. The third-order valence-electron chi connectivity index (χ3n) is 2.81. The maximum atomic E-state index is 11.7. The second kappa shape index (κ2) is 6.18. The van der Waals surface area contributed by atoms with Crippen LogP contribution in [0, 0.1) is 0 Å². The van der Waals surface area contributed by atoms with Crippen molar-refractivity contribution in [2.75, 3.05) is 47.0 Å². The van der Waals surface area contributed by atoms with Crippen LogP contribution in [0.3, 0.4) is 0 Å². The van der Waals surface area contributed by atoms with Crippen LogP contribution in [-0.2, 0) is 14.3 Å². The monoisotopic (exact) mass is 230 g/mol. The van der Waals surface area contributed by atoms with E-state index in [0.29, 0.717) is 13.2 Å². The largest absolute Gasteiger partial charge is 0.385 e. The number of likely N-dealkylation sites (N-methyl/N-ethyl adjacent to an activating group) is 1. The summed E-state index contributed by atoms with van der Waals surface area (Å²) in [6, 6.07) is 0. The van der Waals surface area contributed by atoms with Crippen LogP contribution < -0.4 is 5.32 Å². The molecule has 1 saturated heterocycles. The van der Waals surface area contributed by atoms with Gasteiger partial charge in [-0.3, -0.25) is 4.79 Å². The summed E-state index contributed by atoms with van der Waals surface area (Å²) in [5.41, 5.74) is -0.150. The van der Waals surface area contributed by atoms with Crippen LogP contribution in [0.2, 0.25) is 0 Å². The number of nitrogens with zero attached hydrogens (tertiary/aromatic N) is 1. The van der Waals surface area contributed by atoms with Crippen LogP contribution in [0.4, 0.5) is 0 Å². The summed E-state index contributed by atoms with van der Waals surface area (Å²) in [4.78, 5) is 13.4. The summed E-state index contributed by atoms with van der Waals surface area (Å²) in [6.45, 7) is 5.23. The van der Waals surface area contributed by atoms with Gasteiger partial charge in [-0.05, 0) is 13.3 Å². The highest BCUT2D eigenvalue weighted by Gasteiger charge is 2.33. The molecule has 5 heteroatoms. The highest BCUT2D eigenvalue weighted by atomic mass is 16.5. The van der Waals surface area contributed by atoms with Crippen LogP contribution in [0.5, 0.6) is 0 Å². The van der Waals surface area contributed by atoms with E-state index >= 15 is 0 Å². The normalized spacial score (nSPS) is 17.9. The average Bonchev–Trinajstić information content (AvgIpc) is 2.23. The van der Waals surface area contributed by atoms with Crippen molar-refractivity contribution < 1.29 is 14.3 Å². The van der Waals surface area contributed by atoms with E-state index in [4.69, 9.17) is 9.47 Å². The highest BCUT2D eigenvalue weighted by molar-refractivity contribution is 5.77. The van der Waals surface area contributed by atoms with Gasteiger partial charge in [-0.1, -0.05) is 0 Å². The Kier molecular flexibility index (Phi) is 5.18. The Balaban J connectivity index is 2.13. The van der Waals surface area contributed by atoms with E-state index < -0.39 is 0 Å². The predicted molar refractivity (Wildman–Crippen MR) is 61.4 cm³/mol. The van der Waals surface area contributed by atoms with Crippen LogP contribution in [0.15, 0.2) is 0 Å². The average molecular weight is 230 g/mol. The van der Waals surface area contributed by atoms with E-state index in [-0.39, 0.29) is 18.1 Å². The molecule has 0 aromatic carbocycles. The van der Waals surface area contributed by atoms with Crippen molar-refractivity contribution in [2.24, 2.45) is 0 Å². The van der Waals surface area contributed by atoms with Crippen molar-refractivity contribution in [3.05, 3.63) is 0 Å². The number of carbonyl (C=O) groups excluding carboxylic acids is 1. The minimum Gasteiger partial charge on any atom is -0.385 e. The predicted octanol–water partition coefficient (Wildman–Crippen LogP) is -0.140. The van der Waals surface area contributed by atoms with E-state index in [2.05, 4.69) is 5.32 Å². The van der Waals surface area contributed by atoms with Gasteiger partial charge in [-0.15, -0.1) is 0 Å². The fourth-order valence-corrected chi connectivity index (χ4v) is 1.50. The van der Waals surface area contributed by atoms with E-state index in [0.717, 1.165) is 19.5 Å². The van der Waals surface area contributed by atoms with Gasteiger partial charge in [0.25, 0.3) is 0 Å². The number of hydrogen-bond donors (Lipinski definition) is 1. The van der Waals surface area contributed by atoms with Crippen LogP contribution in [0.1, 0.15) is 13.3 Å². The Morgan fingerprint density at radius 3 is 2.69 bits per heavy atom. The lowest BCUT2D eigenvalue weighted by atomic mass is 10.0. The van der Waals surface area contributed by atoms with Crippen molar-refractivity contribution in [1.29, 1.82) is 0 Å². The first-order chi connectivity index (χ1) is 7.57. The third kappa shape index (κ3) is 4.08. The van der Waals surface area contributed by atoms with Gasteiger partial charge in [0.05, 0.1) is 5.60 Å². The summed E-state index contributed by atoms with van der Waals surface area (Å²) >= 11 is 0. The number of amides is 1.